The number of esters is 3. The maximum atomic E-state index is 13.3. The zero-order valence-electron chi connectivity index (χ0n) is 65.3. The van der Waals surface area contributed by atoms with E-state index in [9.17, 15) is 33.2 Å². The van der Waals surface area contributed by atoms with Crippen LogP contribution in [0.15, 0.2) is 132 Å². The molecule has 9 aromatic rings. The first kappa shape index (κ1) is 83.9. The second-order valence-electron chi connectivity index (χ2n) is 27.5. The molecular formula is C83H99Cl2FN12O14. The molecule has 5 aromatic carbocycles. The number of furan rings is 1. The number of carbonyl (C=O) groups excluding carboxylic acids is 6. The summed E-state index contributed by atoms with van der Waals surface area (Å²) in [6, 6.07) is 34.5. The van der Waals surface area contributed by atoms with Gasteiger partial charge in [-0.05, 0) is 185 Å². The van der Waals surface area contributed by atoms with Crippen molar-refractivity contribution in [2.75, 3.05) is 202 Å². The number of hydrogen-bond acceptors (Lipinski definition) is 23. The molecule has 0 saturated carbocycles. The van der Waals surface area contributed by atoms with E-state index < -0.39 is 17.9 Å². The molecule has 0 spiro atoms. The van der Waals surface area contributed by atoms with Gasteiger partial charge in [0.05, 0.1) is 86.6 Å². The highest BCUT2D eigenvalue weighted by Crippen LogP contribution is 2.42. The van der Waals surface area contributed by atoms with Crippen molar-refractivity contribution in [3.8, 4) is 23.4 Å². The lowest BCUT2D eigenvalue weighted by atomic mass is 10.1. The van der Waals surface area contributed by atoms with Gasteiger partial charge in [-0.25, -0.2) is 33.7 Å². The molecule has 3 amide bonds. The molecular weight excluding hydrogens is 1480 g/mol. The van der Waals surface area contributed by atoms with Crippen LogP contribution < -0.4 is 33.6 Å². The van der Waals surface area contributed by atoms with Crippen LogP contribution in [0.1, 0.15) is 102 Å². The van der Waals surface area contributed by atoms with Crippen LogP contribution in [-0.2, 0) is 14.2 Å². The number of piperazine rings is 3. The molecule has 3 saturated heterocycles. The van der Waals surface area contributed by atoms with Crippen molar-refractivity contribution in [3.05, 3.63) is 177 Å². The van der Waals surface area contributed by atoms with Gasteiger partial charge in [0.25, 0.3) is 17.7 Å². The molecule has 0 unspecified atom stereocenters. The number of fused-ring (bicyclic) bond motifs is 3. The number of rotatable bonds is 28. The maximum absolute atomic E-state index is 13.3. The van der Waals surface area contributed by atoms with Crippen molar-refractivity contribution in [2.45, 2.75) is 40.0 Å². The molecule has 3 fully saturated rings. The van der Waals surface area contributed by atoms with Crippen LogP contribution in [0.3, 0.4) is 0 Å². The van der Waals surface area contributed by atoms with E-state index in [1.54, 1.807) is 104 Å². The molecule has 112 heavy (non-hydrogen) atoms. The van der Waals surface area contributed by atoms with Gasteiger partial charge in [-0.3, -0.25) is 14.4 Å². The largest absolute Gasteiger partial charge is 0.497 e. The standard InChI is InChI=1S/C29H36N4O5.C28H32ClFN4O4.C26H31ClN4O5/c1-5-37-29(35)25-26(23-9-6-7-10-24(23)30-27(25)38-20-8-15-31(2)3)32-16-18-33(19-17-32)28(34)21-11-13-22(36-4)14-12-21;1-4-37-28(36)24-25(33-13-15-34(16-14-33)27(35)19-6-9-21(30)10-7-19)22-18-20(29)8-11-23(22)31-26(24)38-17-5-12-32(2)3;1-4-34-26(33)22-23(30-11-13-31(14-12-30)25(32)21-7-5-15-35-21)19-17-18(27)8-9-20(19)28-24(22)36-16-6-10-29(2)3/h6-7,9-14H,5,8,15-20H2,1-4H3;6-11,18H,4-5,12-17H2,1-3H3;5,7-9,15,17H,4,6,10-14,16H2,1-3H3. The quantitative estimate of drug-likeness (QED) is 0.0251. The molecule has 0 N–H and O–H groups in total. The molecule has 596 valence electrons. The van der Waals surface area contributed by atoms with Gasteiger partial charge < -0.3 is 81.7 Å². The fraction of sp³-hybridized carbons (Fsp3) is 0.410. The zero-order valence-corrected chi connectivity index (χ0v) is 66.8. The minimum atomic E-state index is -0.524. The second-order valence-corrected chi connectivity index (χ2v) is 28.4. The van der Waals surface area contributed by atoms with E-state index in [1.165, 1.54) is 30.5 Å². The minimum absolute atomic E-state index is 0.0255. The molecule has 4 aromatic heterocycles. The van der Waals surface area contributed by atoms with Crippen molar-refractivity contribution in [2.24, 2.45) is 0 Å². The summed E-state index contributed by atoms with van der Waals surface area (Å²) in [6.45, 7) is 15.6. The highest BCUT2D eigenvalue weighted by Gasteiger charge is 2.35. The van der Waals surface area contributed by atoms with E-state index in [1.807, 2.05) is 82.4 Å². The van der Waals surface area contributed by atoms with Gasteiger partial charge in [0, 0.05) is 136 Å². The third-order valence-electron chi connectivity index (χ3n) is 18.8. The maximum Gasteiger partial charge on any atom is 0.345 e. The van der Waals surface area contributed by atoms with E-state index in [0.29, 0.717) is 164 Å². The molecule has 12 rings (SSSR count). The molecule has 0 atom stereocenters. The summed E-state index contributed by atoms with van der Waals surface area (Å²) in [5.74, 6) is -0.449. The van der Waals surface area contributed by atoms with Crippen molar-refractivity contribution >= 4 is 109 Å². The lowest BCUT2D eigenvalue weighted by molar-refractivity contribution is 0.0511. The fourth-order valence-electron chi connectivity index (χ4n) is 13.3. The minimum Gasteiger partial charge on any atom is -0.497 e. The van der Waals surface area contributed by atoms with Gasteiger partial charge >= 0.3 is 17.9 Å². The summed E-state index contributed by atoms with van der Waals surface area (Å²) in [7, 11) is 13.6. The van der Waals surface area contributed by atoms with Crippen LogP contribution in [0.2, 0.25) is 10.0 Å². The Bertz CT molecular complexity index is 4690. The van der Waals surface area contributed by atoms with E-state index in [-0.39, 0.29) is 72.1 Å². The van der Waals surface area contributed by atoms with Gasteiger partial charge in [-0.1, -0.05) is 41.4 Å². The number of halogens is 3. The highest BCUT2D eigenvalue weighted by atomic mass is 35.5. The third-order valence-corrected chi connectivity index (χ3v) is 19.3. The lowest BCUT2D eigenvalue weighted by Gasteiger charge is -2.37. The van der Waals surface area contributed by atoms with Gasteiger partial charge in [-0.15, -0.1) is 0 Å². The van der Waals surface area contributed by atoms with Gasteiger partial charge in [0.1, 0.15) is 28.3 Å². The average Bonchev–Trinajstić information content (AvgIpc) is 0.840. The summed E-state index contributed by atoms with van der Waals surface area (Å²) in [4.78, 5) is 110. The number of nitrogens with zero attached hydrogens (tertiary/aromatic N) is 12. The Morgan fingerprint density at radius 2 is 0.795 bits per heavy atom. The molecule has 0 aliphatic carbocycles. The van der Waals surface area contributed by atoms with Crippen LogP contribution >= 0.6 is 23.2 Å². The van der Waals surface area contributed by atoms with Crippen LogP contribution in [0, 0.1) is 5.82 Å². The van der Waals surface area contributed by atoms with Gasteiger partial charge in [-0.2, -0.15) is 0 Å². The first-order valence-corrected chi connectivity index (χ1v) is 38.4. The smallest absolute Gasteiger partial charge is 0.345 e. The number of amides is 3. The first-order valence-electron chi connectivity index (χ1n) is 37.7. The topological polar surface area (TPSA) is 248 Å². The Kier molecular flexibility index (Phi) is 30.4. The fourth-order valence-corrected chi connectivity index (χ4v) is 13.7. The van der Waals surface area contributed by atoms with Crippen LogP contribution in [0.25, 0.3) is 32.7 Å². The predicted octanol–water partition coefficient (Wildman–Crippen LogP) is 12.2. The summed E-state index contributed by atoms with van der Waals surface area (Å²) in [5.41, 5.74) is 6.02. The van der Waals surface area contributed by atoms with Crippen molar-refractivity contribution in [1.82, 2.24) is 44.4 Å². The number of benzene rings is 5. The number of pyridine rings is 3. The Hall–Kier alpha value is -10.6. The van der Waals surface area contributed by atoms with E-state index >= 15 is 0 Å². The third kappa shape index (κ3) is 21.5. The highest BCUT2D eigenvalue weighted by molar-refractivity contribution is 6.32. The molecule has 0 radical (unpaired) electrons. The normalized spacial score (nSPS) is 13.8. The molecule has 0 bridgehead atoms. The average molecular weight is 1580 g/mol. The summed E-state index contributed by atoms with van der Waals surface area (Å²) >= 11 is 12.7. The van der Waals surface area contributed by atoms with Crippen LogP contribution in [0.4, 0.5) is 21.5 Å². The monoisotopic (exact) mass is 1580 g/mol. The molecule has 29 heteroatoms. The molecule has 3 aliphatic rings. The molecule has 7 heterocycles. The van der Waals surface area contributed by atoms with Crippen LogP contribution in [-0.4, -0.2) is 267 Å². The number of anilines is 3. The molecule has 26 nitrogen and oxygen atoms in total. The van der Waals surface area contributed by atoms with Gasteiger partial charge in [0.15, 0.2) is 5.76 Å². The van der Waals surface area contributed by atoms with E-state index in [4.69, 9.17) is 65.8 Å². The van der Waals surface area contributed by atoms with Crippen molar-refractivity contribution in [1.29, 1.82) is 0 Å². The lowest BCUT2D eigenvalue weighted by Crippen LogP contribution is -2.49. The van der Waals surface area contributed by atoms with E-state index in [2.05, 4.69) is 34.5 Å². The number of ether oxygens (including phenoxy) is 7. The Morgan fingerprint density at radius 3 is 1.15 bits per heavy atom. The van der Waals surface area contributed by atoms with Crippen LogP contribution in [0.5, 0.6) is 23.4 Å². The Balaban J connectivity index is 0.000000178. The molecule has 3 aliphatic heterocycles. The van der Waals surface area contributed by atoms with Gasteiger partial charge in [0.2, 0.25) is 17.6 Å². The summed E-state index contributed by atoms with van der Waals surface area (Å²) in [6.07, 6.45) is 3.82. The Labute approximate surface area is 662 Å². The number of hydrogen-bond donors (Lipinski definition) is 0. The summed E-state index contributed by atoms with van der Waals surface area (Å²) in [5, 5.41) is 3.34. The number of methoxy groups -OCH3 is 1. The number of para-hydroxylation sites is 1. The van der Waals surface area contributed by atoms with Crippen molar-refractivity contribution < 1.29 is 70.7 Å². The summed E-state index contributed by atoms with van der Waals surface area (Å²) < 4.78 is 58.3. The number of aromatic nitrogens is 3. The van der Waals surface area contributed by atoms with E-state index in [0.717, 1.165) is 60.9 Å². The Morgan fingerprint density at radius 1 is 0.438 bits per heavy atom. The second kappa shape index (κ2) is 40.6. The SMILES string of the molecule is CCOC(=O)c1c(OCCCN(C)C)nc2ccc(Cl)cc2c1N1CCN(C(=O)c2ccc(F)cc2)CC1.CCOC(=O)c1c(OCCCN(C)C)nc2ccc(Cl)cc2c1N1CCN(C(=O)c2ccco2)CC1.CCOC(=O)c1c(OCCCN(C)C)nc2ccccc2c1N1CCN(C(=O)c2ccc(OC)cc2)CC1. The number of carbonyl (C=O) groups is 6. The van der Waals surface area contributed by atoms with Crippen molar-refractivity contribution in [3.63, 3.8) is 0 Å². The predicted molar refractivity (Wildman–Crippen MR) is 432 cm³/mol. The zero-order chi connectivity index (χ0) is 80.0. The first-order chi connectivity index (χ1) is 54.1.